The SMILES string of the molecule is CCN(Cc1ccc(OCc2cccs2)c(OC)c1)Cn1nc(C)c2ccccc2c1=O. The summed E-state index contributed by atoms with van der Waals surface area (Å²) in [4.78, 5) is 16.3. The summed E-state index contributed by atoms with van der Waals surface area (Å²) in [6.45, 7) is 6.39. The Morgan fingerprint density at radius 2 is 1.88 bits per heavy atom. The van der Waals surface area contributed by atoms with Gasteiger partial charge in [-0.25, -0.2) is 4.68 Å². The zero-order valence-corrected chi connectivity index (χ0v) is 19.4. The first-order valence-electron chi connectivity index (χ1n) is 10.6. The topological polar surface area (TPSA) is 56.6 Å². The van der Waals surface area contributed by atoms with Crippen LogP contribution in [0, 0.1) is 6.92 Å². The number of aromatic nitrogens is 2. The second-order valence-corrected chi connectivity index (χ2v) is 8.61. The van der Waals surface area contributed by atoms with Gasteiger partial charge in [0.25, 0.3) is 5.56 Å². The van der Waals surface area contributed by atoms with E-state index >= 15 is 0 Å². The molecule has 4 rings (SSSR count). The summed E-state index contributed by atoms with van der Waals surface area (Å²) in [5, 5.41) is 8.18. The lowest BCUT2D eigenvalue weighted by Crippen LogP contribution is -2.34. The second-order valence-electron chi connectivity index (χ2n) is 7.58. The average Bonchev–Trinajstić information content (AvgIpc) is 3.34. The first-order valence-corrected chi connectivity index (χ1v) is 11.5. The number of fused-ring (bicyclic) bond motifs is 1. The van der Waals surface area contributed by atoms with Gasteiger partial charge in [0.2, 0.25) is 0 Å². The first kappa shape index (κ1) is 22.0. The molecular weight excluding hydrogens is 422 g/mol. The van der Waals surface area contributed by atoms with Crippen LogP contribution in [0.5, 0.6) is 11.5 Å². The Labute approximate surface area is 191 Å². The Hall–Kier alpha value is -3.16. The van der Waals surface area contributed by atoms with E-state index < -0.39 is 0 Å². The van der Waals surface area contributed by atoms with Crippen LogP contribution in [-0.2, 0) is 19.8 Å². The van der Waals surface area contributed by atoms with Crippen LogP contribution in [-0.4, -0.2) is 28.3 Å². The van der Waals surface area contributed by atoms with Gasteiger partial charge in [-0.3, -0.25) is 9.69 Å². The molecule has 2 aromatic heterocycles. The van der Waals surface area contributed by atoms with E-state index in [4.69, 9.17) is 9.47 Å². The highest BCUT2D eigenvalue weighted by Gasteiger charge is 2.13. The summed E-state index contributed by atoms with van der Waals surface area (Å²) >= 11 is 1.67. The van der Waals surface area contributed by atoms with Crippen molar-refractivity contribution in [1.82, 2.24) is 14.7 Å². The predicted octanol–water partition coefficient (Wildman–Crippen LogP) is 4.83. The summed E-state index contributed by atoms with van der Waals surface area (Å²) in [5.41, 5.74) is 1.86. The molecule has 166 valence electrons. The Morgan fingerprint density at radius 3 is 2.59 bits per heavy atom. The predicted molar refractivity (Wildman–Crippen MR) is 128 cm³/mol. The van der Waals surface area contributed by atoms with Crippen LogP contribution < -0.4 is 15.0 Å². The van der Waals surface area contributed by atoms with E-state index in [1.807, 2.05) is 60.8 Å². The van der Waals surface area contributed by atoms with Gasteiger partial charge >= 0.3 is 0 Å². The Bertz CT molecular complexity index is 1250. The Morgan fingerprint density at radius 1 is 1.06 bits per heavy atom. The van der Waals surface area contributed by atoms with Gasteiger partial charge in [0.1, 0.15) is 6.61 Å². The molecular formula is C25H27N3O3S. The van der Waals surface area contributed by atoms with E-state index in [-0.39, 0.29) is 5.56 Å². The van der Waals surface area contributed by atoms with Crippen LogP contribution in [0.1, 0.15) is 23.1 Å². The molecule has 0 bridgehead atoms. The lowest BCUT2D eigenvalue weighted by Gasteiger charge is -2.22. The molecule has 7 heteroatoms. The number of nitrogens with zero attached hydrogens (tertiary/aromatic N) is 3. The average molecular weight is 450 g/mol. The number of aryl methyl sites for hydroxylation is 1. The molecule has 0 atom stereocenters. The molecule has 6 nitrogen and oxygen atoms in total. The van der Waals surface area contributed by atoms with Crippen molar-refractivity contribution >= 4 is 22.1 Å². The minimum Gasteiger partial charge on any atom is -0.493 e. The molecule has 0 saturated carbocycles. The fourth-order valence-corrected chi connectivity index (χ4v) is 4.30. The van der Waals surface area contributed by atoms with Gasteiger partial charge in [0.05, 0.1) is 24.9 Å². The van der Waals surface area contributed by atoms with E-state index in [0.717, 1.165) is 33.8 Å². The molecule has 0 radical (unpaired) electrons. The van der Waals surface area contributed by atoms with Crippen molar-refractivity contribution in [2.24, 2.45) is 0 Å². The molecule has 0 aliphatic rings. The van der Waals surface area contributed by atoms with Crippen LogP contribution in [0.3, 0.4) is 0 Å². The highest BCUT2D eigenvalue weighted by Crippen LogP contribution is 2.29. The molecule has 0 saturated heterocycles. The van der Waals surface area contributed by atoms with Gasteiger partial charge in [-0.2, -0.15) is 5.10 Å². The molecule has 2 aromatic carbocycles. The van der Waals surface area contributed by atoms with Crippen LogP contribution in [0.15, 0.2) is 64.8 Å². The van der Waals surface area contributed by atoms with E-state index in [0.29, 0.717) is 31.0 Å². The minimum absolute atomic E-state index is 0.0699. The van der Waals surface area contributed by atoms with Crippen LogP contribution in [0.4, 0.5) is 0 Å². The minimum atomic E-state index is -0.0699. The summed E-state index contributed by atoms with van der Waals surface area (Å²) in [6, 6.07) is 17.7. The highest BCUT2D eigenvalue weighted by atomic mass is 32.1. The number of rotatable bonds is 9. The summed E-state index contributed by atoms with van der Waals surface area (Å²) < 4.78 is 13.1. The van der Waals surface area contributed by atoms with Crippen molar-refractivity contribution in [3.05, 3.63) is 86.5 Å². The molecule has 0 aliphatic carbocycles. The van der Waals surface area contributed by atoms with Crippen LogP contribution in [0.2, 0.25) is 0 Å². The highest BCUT2D eigenvalue weighted by molar-refractivity contribution is 7.09. The standard InChI is InChI=1S/C25H27N3O3S/c1-4-27(17-28-25(29)22-10-6-5-9-21(22)18(2)26-28)15-19-11-12-23(24(14-19)30-3)31-16-20-8-7-13-32-20/h5-14H,4,15-17H2,1-3H3. The van der Waals surface area contributed by atoms with Gasteiger partial charge in [-0.1, -0.05) is 37.3 Å². The first-order chi connectivity index (χ1) is 15.6. The van der Waals surface area contributed by atoms with Crippen molar-refractivity contribution in [3.8, 4) is 11.5 Å². The maximum atomic E-state index is 12.9. The molecule has 4 aromatic rings. The molecule has 2 heterocycles. The van der Waals surface area contributed by atoms with Gasteiger partial charge in [0.15, 0.2) is 11.5 Å². The van der Waals surface area contributed by atoms with E-state index in [1.54, 1.807) is 23.1 Å². The lowest BCUT2D eigenvalue weighted by atomic mass is 10.1. The summed E-state index contributed by atoms with van der Waals surface area (Å²) in [5.74, 6) is 1.42. The van der Waals surface area contributed by atoms with Crippen molar-refractivity contribution < 1.29 is 9.47 Å². The third-order valence-corrected chi connectivity index (χ3v) is 6.27. The Kier molecular flexibility index (Phi) is 6.87. The Balaban J connectivity index is 1.50. The third kappa shape index (κ3) is 4.84. The second kappa shape index (κ2) is 9.97. The van der Waals surface area contributed by atoms with Crippen LogP contribution >= 0.6 is 11.3 Å². The summed E-state index contributed by atoms with van der Waals surface area (Å²) in [7, 11) is 1.65. The van der Waals surface area contributed by atoms with Gasteiger partial charge in [-0.15, -0.1) is 11.3 Å². The van der Waals surface area contributed by atoms with Gasteiger partial charge < -0.3 is 9.47 Å². The molecule has 0 amide bonds. The normalized spacial score (nSPS) is 11.2. The van der Waals surface area contributed by atoms with Crippen molar-refractivity contribution in [1.29, 1.82) is 0 Å². The quantitative estimate of drug-likeness (QED) is 0.366. The molecule has 0 spiro atoms. The van der Waals surface area contributed by atoms with Gasteiger partial charge in [-0.05, 0) is 48.7 Å². The zero-order valence-electron chi connectivity index (χ0n) is 18.6. The van der Waals surface area contributed by atoms with Gasteiger partial charge in [0, 0.05) is 16.8 Å². The van der Waals surface area contributed by atoms with E-state index in [2.05, 4.69) is 23.0 Å². The maximum Gasteiger partial charge on any atom is 0.275 e. The number of hydrogen-bond donors (Lipinski definition) is 0. The number of hydrogen-bond acceptors (Lipinski definition) is 6. The number of thiophene rings is 1. The smallest absolute Gasteiger partial charge is 0.275 e. The van der Waals surface area contributed by atoms with Crippen molar-refractivity contribution in [3.63, 3.8) is 0 Å². The number of methoxy groups -OCH3 is 1. The maximum absolute atomic E-state index is 12.9. The number of ether oxygens (including phenoxy) is 2. The lowest BCUT2D eigenvalue weighted by molar-refractivity contribution is 0.204. The monoisotopic (exact) mass is 449 g/mol. The molecule has 32 heavy (non-hydrogen) atoms. The fourth-order valence-electron chi connectivity index (χ4n) is 3.68. The van der Waals surface area contributed by atoms with Crippen molar-refractivity contribution in [2.75, 3.05) is 13.7 Å². The summed E-state index contributed by atoms with van der Waals surface area (Å²) in [6.07, 6.45) is 0. The fraction of sp³-hybridized carbons (Fsp3) is 0.280. The third-order valence-electron chi connectivity index (χ3n) is 5.42. The van der Waals surface area contributed by atoms with Crippen LogP contribution in [0.25, 0.3) is 10.8 Å². The molecule has 0 fully saturated rings. The zero-order chi connectivity index (χ0) is 22.5. The molecule has 0 unspecified atom stereocenters. The molecule has 0 aliphatic heterocycles. The number of benzene rings is 2. The van der Waals surface area contributed by atoms with E-state index in [1.165, 1.54) is 0 Å². The van der Waals surface area contributed by atoms with E-state index in [9.17, 15) is 4.79 Å². The largest absolute Gasteiger partial charge is 0.493 e. The molecule has 0 N–H and O–H groups in total. The van der Waals surface area contributed by atoms with Crippen molar-refractivity contribution in [2.45, 2.75) is 33.7 Å².